The number of benzene rings is 1. The van der Waals surface area contributed by atoms with Crippen LogP contribution < -0.4 is 0 Å². The second-order valence-corrected chi connectivity index (χ2v) is 4.05. The first-order valence-corrected chi connectivity index (χ1v) is 5.14. The molecule has 0 saturated carbocycles. The number of aliphatic hydroxyl groups excluding tert-OH is 1. The minimum absolute atomic E-state index is 0.00144. The molecule has 0 radical (unpaired) electrons. The van der Waals surface area contributed by atoms with Gasteiger partial charge in [0.2, 0.25) is 0 Å². The second kappa shape index (κ2) is 3.93. The summed E-state index contributed by atoms with van der Waals surface area (Å²) in [5, 5.41) is 8.98. The molecule has 1 N–H and O–H groups in total. The third-order valence-corrected chi connectivity index (χ3v) is 2.72. The molecule has 3 heteroatoms. The normalized spacial score (nSPS) is 30.7. The molecule has 3 nitrogen and oxygen atoms in total. The van der Waals surface area contributed by atoms with Crippen molar-refractivity contribution in [3.63, 3.8) is 0 Å². The van der Waals surface area contributed by atoms with Gasteiger partial charge in [0, 0.05) is 5.56 Å². The van der Waals surface area contributed by atoms with Crippen LogP contribution in [0.5, 0.6) is 0 Å². The van der Waals surface area contributed by atoms with Crippen LogP contribution in [-0.2, 0) is 15.3 Å². The van der Waals surface area contributed by atoms with Crippen molar-refractivity contribution in [3.8, 4) is 0 Å². The van der Waals surface area contributed by atoms with E-state index >= 15 is 0 Å². The zero-order valence-electron chi connectivity index (χ0n) is 9.06. The molecule has 82 valence electrons. The number of hydrogen-bond donors (Lipinski definition) is 1. The van der Waals surface area contributed by atoms with Gasteiger partial charge in [-0.05, 0) is 13.8 Å². The van der Waals surface area contributed by atoms with Gasteiger partial charge in [-0.15, -0.1) is 0 Å². The molecule has 1 aromatic rings. The Bertz CT molecular complexity index is 333. The maximum Gasteiger partial charge on any atom is 0.192 e. The van der Waals surface area contributed by atoms with Gasteiger partial charge in [-0.2, -0.15) is 0 Å². The van der Waals surface area contributed by atoms with Crippen molar-refractivity contribution in [3.05, 3.63) is 35.4 Å². The molecule has 2 rings (SSSR count). The van der Waals surface area contributed by atoms with Crippen molar-refractivity contribution in [2.45, 2.75) is 25.7 Å². The Kier molecular flexibility index (Phi) is 2.78. The molecule has 1 fully saturated rings. The van der Waals surface area contributed by atoms with Crippen LogP contribution in [0.3, 0.4) is 0 Å². The summed E-state index contributed by atoms with van der Waals surface area (Å²) in [5.74, 6) is -0.707. The zero-order valence-corrected chi connectivity index (χ0v) is 9.06. The fraction of sp³-hybridized carbons (Fsp3) is 0.500. The van der Waals surface area contributed by atoms with E-state index in [1.54, 1.807) is 0 Å². The van der Waals surface area contributed by atoms with Gasteiger partial charge in [0.1, 0.15) is 6.10 Å². The van der Waals surface area contributed by atoms with Crippen LogP contribution in [0.2, 0.25) is 0 Å². The van der Waals surface area contributed by atoms with Gasteiger partial charge in [0.25, 0.3) is 0 Å². The monoisotopic (exact) mass is 208 g/mol. The van der Waals surface area contributed by atoms with Crippen molar-refractivity contribution >= 4 is 0 Å². The van der Waals surface area contributed by atoms with E-state index < -0.39 is 5.79 Å². The quantitative estimate of drug-likeness (QED) is 0.802. The van der Waals surface area contributed by atoms with Crippen LogP contribution in [-0.4, -0.2) is 24.4 Å². The van der Waals surface area contributed by atoms with Gasteiger partial charge >= 0.3 is 0 Å². The maximum atomic E-state index is 8.98. The first-order valence-electron chi connectivity index (χ1n) is 5.14. The number of aryl methyl sites for hydroxylation is 1. The van der Waals surface area contributed by atoms with E-state index in [0.717, 1.165) is 5.56 Å². The fourth-order valence-corrected chi connectivity index (χ4v) is 1.74. The Labute approximate surface area is 89.6 Å². The lowest BCUT2D eigenvalue weighted by atomic mass is 10.1. The Morgan fingerprint density at radius 2 is 2.07 bits per heavy atom. The Balaban J connectivity index is 2.20. The fourth-order valence-electron chi connectivity index (χ4n) is 1.74. The third kappa shape index (κ3) is 2.04. The van der Waals surface area contributed by atoms with E-state index in [1.807, 2.05) is 38.1 Å². The first-order chi connectivity index (χ1) is 7.14. The molecular weight excluding hydrogens is 192 g/mol. The number of rotatable bonds is 2. The minimum atomic E-state index is -0.707. The summed E-state index contributed by atoms with van der Waals surface area (Å²) in [7, 11) is 0. The van der Waals surface area contributed by atoms with E-state index in [2.05, 4.69) is 0 Å². The number of hydrogen-bond acceptors (Lipinski definition) is 3. The van der Waals surface area contributed by atoms with E-state index in [9.17, 15) is 0 Å². The van der Waals surface area contributed by atoms with Gasteiger partial charge in [-0.3, -0.25) is 0 Å². The highest BCUT2D eigenvalue weighted by Gasteiger charge is 2.38. The van der Waals surface area contributed by atoms with Gasteiger partial charge in [-0.1, -0.05) is 29.8 Å². The van der Waals surface area contributed by atoms with Crippen molar-refractivity contribution in [2.75, 3.05) is 13.2 Å². The highest BCUT2D eigenvalue weighted by molar-refractivity contribution is 5.25. The average molecular weight is 208 g/mol. The van der Waals surface area contributed by atoms with Crippen molar-refractivity contribution < 1.29 is 14.6 Å². The molecule has 1 heterocycles. The first kappa shape index (κ1) is 10.6. The van der Waals surface area contributed by atoms with Crippen molar-refractivity contribution in [1.29, 1.82) is 0 Å². The van der Waals surface area contributed by atoms with Crippen LogP contribution in [0, 0.1) is 6.92 Å². The van der Waals surface area contributed by atoms with E-state index in [4.69, 9.17) is 14.6 Å². The summed E-state index contributed by atoms with van der Waals surface area (Å²) in [5.41, 5.74) is 2.20. The molecule has 1 aliphatic heterocycles. The highest BCUT2D eigenvalue weighted by Crippen LogP contribution is 2.33. The van der Waals surface area contributed by atoms with E-state index in [0.29, 0.717) is 6.61 Å². The molecule has 2 unspecified atom stereocenters. The molecular formula is C12H16O3. The third-order valence-electron chi connectivity index (χ3n) is 2.72. The van der Waals surface area contributed by atoms with Crippen LogP contribution >= 0.6 is 0 Å². The largest absolute Gasteiger partial charge is 0.394 e. The summed E-state index contributed by atoms with van der Waals surface area (Å²) in [6.45, 7) is 4.37. The average Bonchev–Trinajstić information content (AvgIpc) is 2.62. The molecule has 1 aromatic carbocycles. The molecule has 1 aliphatic rings. The molecule has 15 heavy (non-hydrogen) atoms. The SMILES string of the molecule is Cc1ccc(C2(C)OCC(CO)O2)cc1. The summed E-state index contributed by atoms with van der Waals surface area (Å²) >= 11 is 0. The van der Waals surface area contributed by atoms with Crippen LogP contribution in [0.25, 0.3) is 0 Å². The minimum Gasteiger partial charge on any atom is -0.394 e. The topological polar surface area (TPSA) is 38.7 Å². The van der Waals surface area contributed by atoms with Gasteiger partial charge in [-0.25, -0.2) is 0 Å². The molecule has 0 aliphatic carbocycles. The molecule has 0 bridgehead atoms. The number of aliphatic hydroxyl groups is 1. The lowest BCUT2D eigenvalue weighted by molar-refractivity contribution is -0.165. The van der Waals surface area contributed by atoms with Gasteiger partial charge in [0.05, 0.1) is 13.2 Å². The second-order valence-electron chi connectivity index (χ2n) is 4.05. The van der Waals surface area contributed by atoms with Crippen molar-refractivity contribution in [1.82, 2.24) is 0 Å². The molecule has 0 spiro atoms. The summed E-state index contributed by atoms with van der Waals surface area (Å²) < 4.78 is 11.2. The van der Waals surface area contributed by atoms with Crippen LogP contribution in [0.15, 0.2) is 24.3 Å². The Morgan fingerprint density at radius 1 is 1.40 bits per heavy atom. The molecule has 0 aromatic heterocycles. The van der Waals surface area contributed by atoms with Gasteiger partial charge < -0.3 is 14.6 Å². The van der Waals surface area contributed by atoms with Crippen LogP contribution in [0.1, 0.15) is 18.1 Å². The smallest absolute Gasteiger partial charge is 0.192 e. The lowest BCUT2D eigenvalue weighted by Gasteiger charge is -2.23. The zero-order chi connectivity index (χ0) is 10.9. The predicted octanol–water partition coefficient (Wildman–Crippen LogP) is 1.58. The summed E-state index contributed by atoms with van der Waals surface area (Å²) in [6, 6.07) is 8.04. The number of ether oxygens (including phenoxy) is 2. The highest BCUT2D eigenvalue weighted by atomic mass is 16.7. The molecule has 0 amide bonds. The molecule has 1 saturated heterocycles. The van der Waals surface area contributed by atoms with E-state index in [-0.39, 0.29) is 12.7 Å². The predicted molar refractivity (Wildman–Crippen MR) is 56.4 cm³/mol. The molecule has 2 atom stereocenters. The maximum absolute atomic E-state index is 8.98. The Hall–Kier alpha value is -0.900. The van der Waals surface area contributed by atoms with Crippen molar-refractivity contribution in [2.24, 2.45) is 0 Å². The van der Waals surface area contributed by atoms with Crippen LogP contribution in [0.4, 0.5) is 0 Å². The Morgan fingerprint density at radius 3 is 2.60 bits per heavy atom. The standard InChI is InChI=1S/C12H16O3/c1-9-3-5-10(6-4-9)12(2)14-8-11(7-13)15-12/h3-6,11,13H,7-8H2,1-2H3. The lowest BCUT2D eigenvalue weighted by Crippen LogP contribution is -2.24. The summed E-state index contributed by atoms with van der Waals surface area (Å²) in [6.07, 6.45) is -0.212. The van der Waals surface area contributed by atoms with E-state index in [1.165, 1.54) is 5.56 Å². The summed E-state index contributed by atoms with van der Waals surface area (Å²) in [4.78, 5) is 0. The van der Waals surface area contributed by atoms with Gasteiger partial charge in [0.15, 0.2) is 5.79 Å².